The maximum atomic E-state index is 10.8. The highest BCUT2D eigenvalue weighted by atomic mass is 16.7. The number of carbonyl (C=O) groups is 1. The second-order valence-electron chi connectivity index (χ2n) is 4.95. The summed E-state index contributed by atoms with van der Waals surface area (Å²) in [5.41, 5.74) is 1.14. The molecule has 0 fully saturated rings. The number of allylic oxidation sites excluding steroid dienone is 2. The van der Waals surface area contributed by atoms with E-state index in [1.54, 1.807) is 0 Å². The average Bonchev–Trinajstić information content (AvgIpc) is 2.63. The molecule has 0 saturated carbocycles. The van der Waals surface area contributed by atoms with Gasteiger partial charge in [-0.3, -0.25) is 0 Å². The van der Waals surface area contributed by atoms with E-state index in [1.807, 2.05) is 6.92 Å². The van der Waals surface area contributed by atoms with E-state index in [1.165, 1.54) is 5.57 Å². The number of hydrogen-bond acceptors (Lipinski definition) is 3. The average molecular weight is 223 g/mol. The number of oxime groups is 1. The molecule has 16 heavy (non-hydrogen) atoms. The van der Waals surface area contributed by atoms with Crippen LogP contribution in [-0.4, -0.2) is 22.4 Å². The van der Waals surface area contributed by atoms with Crippen molar-refractivity contribution < 1.29 is 14.7 Å². The highest BCUT2D eigenvalue weighted by molar-refractivity contribution is 6.36. The highest BCUT2D eigenvalue weighted by Gasteiger charge is 2.43. The van der Waals surface area contributed by atoms with E-state index in [4.69, 9.17) is 9.94 Å². The van der Waals surface area contributed by atoms with Crippen molar-refractivity contribution in [3.8, 4) is 0 Å². The van der Waals surface area contributed by atoms with Crippen LogP contribution in [0.2, 0.25) is 0 Å². The van der Waals surface area contributed by atoms with Gasteiger partial charge >= 0.3 is 5.97 Å². The van der Waals surface area contributed by atoms with Gasteiger partial charge in [-0.25, -0.2) is 4.79 Å². The zero-order chi connectivity index (χ0) is 11.8. The molecule has 1 aliphatic heterocycles. The zero-order valence-corrected chi connectivity index (χ0v) is 9.69. The predicted octanol–water partition coefficient (Wildman–Crippen LogP) is 2.35. The molecular formula is C12H17NO3. The van der Waals surface area contributed by atoms with Gasteiger partial charge in [0.1, 0.15) is 5.60 Å². The number of rotatable bonds is 2. The second-order valence-corrected chi connectivity index (χ2v) is 4.95. The molecular weight excluding hydrogens is 206 g/mol. The van der Waals surface area contributed by atoms with Crippen LogP contribution < -0.4 is 0 Å². The van der Waals surface area contributed by atoms with Crippen LogP contribution in [0.3, 0.4) is 0 Å². The van der Waals surface area contributed by atoms with Crippen molar-refractivity contribution in [2.75, 3.05) is 0 Å². The molecule has 1 heterocycles. The summed E-state index contributed by atoms with van der Waals surface area (Å²) in [5, 5.41) is 12.5. The lowest BCUT2D eigenvalue weighted by molar-refractivity contribution is -0.129. The largest absolute Gasteiger partial charge is 0.477 e. The van der Waals surface area contributed by atoms with Crippen molar-refractivity contribution in [1.29, 1.82) is 0 Å². The van der Waals surface area contributed by atoms with E-state index in [0.29, 0.717) is 12.3 Å². The summed E-state index contributed by atoms with van der Waals surface area (Å²) >= 11 is 0. The fourth-order valence-electron chi connectivity index (χ4n) is 2.41. The number of aliphatic carboxylic acids is 1. The number of carboxylic acids is 1. The molecule has 0 aromatic heterocycles. The smallest absolute Gasteiger partial charge is 0.353 e. The predicted molar refractivity (Wildman–Crippen MR) is 60.3 cm³/mol. The van der Waals surface area contributed by atoms with Gasteiger partial charge in [0.15, 0.2) is 5.71 Å². The first kappa shape index (κ1) is 11.2. The second kappa shape index (κ2) is 3.92. The van der Waals surface area contributed by atoms with Crippen molar-refractivity contribution in [2.45, 2.75) is 45.1 Å². The Morgan fingerprint density at radius 3 is 2.94 bits per heavy atom. The third-order valence-corrected chi connectivity index (χ3v) is 3.63. The van der Waals surface area contributed by atoms with Gasteiger partial charge in [-0.1, -0.05) is 16.8 Å². The summed E-state index contributed by atoms with van der Waals surface area (Å²) in [4.78, 5) is 16.2. The summed E-state index contributed by atoms with van der Waals surface area (Å²) in [7, 11) is 0. The molecule has 1 aliphatic carbocycles. The molecule has 0 aromatic rings. The lowest BCUT2D eigenvalue weighted by Crippen LogP contribution is -2.36. The summed E-state index contributed by atoms with van der Waals surface area (Å²) in [6.45, 7) is 4.10. The van der Waals surface area contributed by atoms with Crippen molar-refractivity contribution in [1.82, 2.24) is 0 Å². The van der Waals surface area contributed by atoms with Gasteiger partial charge in [0.05, 0.1) is 0 Å². The molecule has 0 saturated heterocycles. The summed E-state index contributed by atoms with van der Waals surface area (Å²) in [6, 6.07) is 0. The van der Waals surface area contributed by atoms with Crippen LogP contribution in [0.15, 0.2) is 16.8 Å². The Bertz CT molecular complexity index is 372. The van der Waals surface area contributed by atoms with Crippen LogP contribution in [0.5, 0.6) is 0 Å². The first-order valence-corrected chi connectivity index (χ1v) is 5.65. The maximum absolute atomic E-state index is 10.8. The molecule has 1 N–H and O–H groups in total. The fourth-order valence-corrected chi connectivity index (χ4v) is 2.41. The van der Waals surface area contributed by atoms with Crippen molar-refractivity contribution in [3.05, 3.63) is 11.6 Å². The van der Waals surface area contributed by atoms with Crippen LogP contribution in [0.25, 0.3) is 0 Å². The maximum Gasteiger partial charge on any atom is 0.353 e. The van der Waals surface area contributed by atoms with Crippen molar-refractivity contribution in [3.63, 3.8) is 0 Å². The SMILES string of the molecule is CC1=CC[C@H](C2(C)CC(C(=O)O)=NO2)CC1. The van der Waals surface area contributed by atoms with Crippen molar-refractivity contribution in [2.24, 2.45) is 11.1 Å². The number of carboxylic acid groups (broad SMARTS) is 1. The molecule has 0 radical (unpaired) electrons. The summed E-state index contributed by atoms with van der Waals surface area (Å²) in [6.07, 6.45) is 5.74. The lowest BCUT2D eigenvalue weighted by atomic mass is 9.76. The van der Waals surface area contributed by atoms with Crippen molar-refractivity contribution >= 4 is 11.7 Å². The van der Waals surface area contributed by atoms with E-state index in [-0.39, 0.29) is 5.71 Å². The Balaban J connectivity index is 2.04. The summed E-state index contributed by atoms with van der Waals surface area (Å²) in [5.74, 6) is -0.594. The van der Waals surface area contributed by atoms with Gasteiger partial charge in [-0.15, -0.1) is 0 Å². The normalized spacial score (nSPS) is 34.0. The molecule has 2 atom stereocenters. The standard InChI is InChI=1S/C12H17NO3/c1-8-3-5-9(6-4-8)12(2)7-10(11(14)15)13-16-12/h3,9H,4-7H2,1-2H3,(H,14,15)/t9-,12?/m0/s1. The molecule has 0 amide bonds. The minimum atomic E-state index is -0.966. The van der Waals surface area contributed by atoms with E-state index in [2.05, 4.69) is 18.2 Å². The monoisotopic (exact) mass is 223 g/mol. The minimum absolute atomic E-state index is 0.147. The van der Waals surface area contributed by atoms with E-state index >= 15 is 0 Å². The van der Waals surface area contributed by atoms with Crippen LogP contribution in [0.1, 0.15) is 39.5 Å². The molecule has 88 valence electrons. The van der Waals surface area contributed by atoms with Crippen LogP contribution >= 0.6 is 0 Å². The summed E-state index contributed by atoms with van der Waals surface area (Å²) < 4.78 is 0. The first-order chi connectivity index (χ1) is 7.51. The molecule has 4 heteroatoms. The Kier molecular flexibility index (Phi) is 2.74. The topological polar surface area (TPSA) is 58.9 Å². The van der Waals surface area contributed by atoms with E-state index in [9.17, 15) is 4.79 Å². The minimum Gasteiger partial charge on any atom is -0.477 e. The Hall–Kier alpha value is -1.32. The van der Waals surface area contributed by atoms with E-state index < -0.39 is 11.6 Å². The van der Waals surface area contributed by atoms with Crippen LogP contribution in [-0.2, 0) is 9.63 Å². The number of hydrogen-bond donors (Lipinski definition) is 1. The Morgan fingerprint density at radius 1 is 1.69 bits per heavy atom. The van der Waals surface area contributed by atoms with Gasteiger partial charge in [0.25, 0.3) is 0 Å². The lowest BCUT2D eigenvalue weighted by Gasteiger charge is -2.33. The molecule has 0 bridgehead atoms. The molecule has 1 unspecified atom stereocenters. The van der Waals surface area contributed by atoms with Gasteiger partial charge < -0.3 is 9.94 Å². The third kappa shape index (κ3) is 1.96. The third-order valence-electron chi connectivity index (χ3n) is 3.63. The van der Waals surface area contributed by atoms with Gasteiger partial charge in [-0.2, -0.15) is 0 Å². The first-order valence-electron chi connectivity index (χ1n) is 5.65. The van der Waals surface area contributed by atoms with Crippen LogP contribution in [0, 0.1) is 5.92 Å². The van der Waals surface area contributed by atoms with E-state index in [0.717, 1.165) is 19.3 Å². The fraction of sp³-hybridized carbons (Fsp3) is 0.667. The van der Waals surface area contributed by atoms with Gasteiger partial charge in [0.2, 0.25) is 0 Å². The highest BCUT2D eigenvalue weighted by Crippen LogP contribution is 2.39. The Morgan fingerprint density at radius 2 is 2.44 bits per heavy atom. The molecule has 4 nitrogen and oxygen atoms in total. The number of nitrogens with zero attached hydrogens (tertiary/aromatic N) is 1. The quantitative estimate of drug-likeness (QED) is 0.731. The molecule has 2 rings (SSSR count). The van der Waals surface area contributed by atoms with Gasteiger partial charge in [-0.05, 0) is 33.1 Å². The zero-order valence-electron chi connectivity index (χ0n) is 9.69. The molecule has 0 spiro atoms. The molecule has 0 aromatic carbocycles. The van der Waals surface area contributed by atoms with Gasteiger partial charge in [0, 0.05) is 12.3 Å². The van der Waals surface area contributed by atoms with Crippen LogP contribution in [0.4, 0.5) is 0 Å². The Labute approximate surface area is 95.0 Å². The molecule has 2 aliphatic rings.